The molecule has 0 N–H and O–H groups in total. The van der Waals surface area contributed by atoms with E-state index in [9.17, 15) is 0 Å². The predicted molar refractivity (Wildman–Crippen MR) is 120 cm³/mol. The molecule has 0 spiro atoms. The normalized spacial score (nSPS) is 11.9. The molecule has 2 aromatic carbocycles. The molecule has 0 nitrogen and oxygen atoms in total. The van der Waals surface area contributed by atoms with Gasteiger partial charge in [0, 0.05) is 0 Å². The lowest BCUT2D eigenvalue weighted by molar-refractivity contribution is 0.840. The summed E-state index contributed by atoms with van der Waals surface area (Å²) in [7, 11) is 0. The van der Waals surface area contributed by atoms with Crippen molar-refractivity contribution in [2.75, 3.05) is 0 Å². The van der Waals surface area contributed by atoms with E-state index in [-0.39, 0.29) is 0 Å². The van der Waals surface area contributed by atoms with Crippen LogP contribution in [0.25, 0.3) is 0 Å². The van der Waals surface area contributed by atoms with E-state index >= 15 is 0 Å². The molecule has 0 aromatic heterocycles. The minimum Gasteiger partial charge on any atom is -0.0774 e. The second kappa shape index (κ2) is 8.46. The van der Waals surface area contributed by atoms with Crippen LogP contribution in [0.5, 0.6) is 0 Å². The average molecular weight is 348 g/mol. The van der Waals surface area contributed by atoms with Gasteiger partial charge >= 0.3 is 0 Å². The van der Waals surface area contributed by atoms with Crippen LogP contribution in [-0.2, 0) is 0 Å². The summed E-state index contributed by atoms with van der Waals surface area (Å²) < 4.78 is 0. The van der Waals surface area contributed by atoms with Crippen LogP contribution in [-0.4, -0.2) is 6.71 Å². The first-order valence-electron chi connectivity index (χ1n) is 10.4. The molecule has 0 heterocycles. The molecule has 0 bridgehead atoms. The summed E-state index contributed by atoms with van der Waals surface area (Å²) in [4.78, 5) is 0. The Labute approximate surface area is 162 Å². The van der Waals surface area contributed by atoms with Crippen LogP contribution in [0.1, 0.15) is 101 Å². The molecule has 0 aliphatic carbocycles. The lowest BCUT2D eigenvalue weighted by atomic mass is 9.38. The summed E-state index contributed by atoms with van der Waals surface area (Å²) in [6.45, 7) is 21.5. The van der Waals surface area contributed by atoms with E-state index < -0.39 is 0 Å². The summed E-state index contributed by atoms with van der Waals surface area (Å²) in [5, 5.41) is 0. The molecule has 0 fully saturated rings. The fourth-order valence-electron chi connectivity index (χ4n) is 4.36. The second-order valence-corrected chi connectivity index (χ2v) is 9.04. The standard InChI is InChI=1S/C25H37B/c1-16(2)20-12-10-13-21(17(3)4)24(20)26(9)25-22(18(5)6)14-11-15-23(25)19(7)8/h10-19H,1-9H3. The van der Waals surface area contributed by atoms with Gasteiger partial charge in [-0.3, -0.25) is 0 Å². The lowest BCUT2D eigenvalue weighted by Gasteiger charge is -2.28. The third-order valence-electron chi connectivity index (χ3n) is 5.70. The Morgan fingerprint density at radius 1 is 0.500 bits per heavy atom. The summed E-state index contributed by atoms with van der Waals surface area (Å²) in [5.41, 5.74) is 9.17. The molecule has 0 aliphatic rings. The van der Waals surface area contributed by atoms with Crippen molar-refractivity contribution in [2.45, 2.75) is 85.9 Å². The highest BCUT2D eigenvalue weighted by molar-refractivity contribution is 6.85. The minimum absolute atomic E-state index is 0.419. The van der Waals surface area contributed by atoms with Crippen molar-refractivity contribution in [3.05, 3.63) is 58.7 Å². The molecule has 0 saturated heterocycles. The molecule has 0 amide bonds. The Bertz CT molecular complexity index is 622. The van der Waals surface area contributed by atoms with Crippen LogP contribution in [0.2, 0.25) is 6.82 Å². The lowest BCUT2D eigenvalue weighted by Crippen LogP contribution is -2.47. The zero-order valence-electron chi connectivity index (χ0n) is 18.4. The minimum atomic E-state index is 0.419. The van der Waals surface area contributed by atoms with Crippen LogP contribution in [0.15, 0.2) is 36.4 Å². The van der Waals surface area contributed by atoms with E-state index in [2.05, 4.69) is 98.6 Å². The number of benzene rings is 2. The van der Waals surface area contributed by atoms with Gasteiger partial charge in [-0.1, -0.05) is 132 Å². The second-order valence-electron chi connectivity index (χ2n) is 9.04. The molecule has 2 aromatic rings. The number of rotatable bonds is 6. The molecule has 0 atom stereocenters. The first kappa shape index (κ1) is 20.8. The van der Waals surface area contributed by atoms with Gasteiger partial charge in [0.2, 0.25) is 6.71 Å². The molecule has 140 valence electrons. The van der Waals surface area contributed by atoms with Crippen molar-refractivity contribution in [3.8, 4) is 0 Å². The Morgan fingerprint density at radius 3 is 0.923 bits per heavy atom. The Morgan fingerprint density at radius 2 is 0.731 bits per heavy atom. The Kier molecular flexibility index (Phi) is 6.77. The summed E-state index contributed by atoms with van der Waals surface area (Å²) in [6.07, 6.45) is 0. The van der Waals surface area contributed by atoms with Crippen molar-refractivity contribution in [3.63, 3.8) is 0 Å². The first-order valence-corrected chi connectivity index (χ1v) is 10.4. The third kappa shape index (κ3) is 4.08. The van der Waals surface area contributed by atoms with E-state index in [0.29, 0.717) is 30.4 Å². The van der Waals surface area contributed by atoms with Gasteiger partial charge in [-0.2, -0.15) is 0 Å². The van der Waals surface area contributed by atoms with Crippen molar-refractivity contribution < 1.29 is 0 Å². The molecule has 0 aliphatic heterocycles. The highest BCUT2D eigenvalue weighted by Gasteiger charge is 2.27. The van der Waals surface area contributed by atoms with Crippen molar-refractivity contribution >= 4 is 17.6 Å². The molecule has 0 saturated carbocycles. The molecule has 0 unspecified atom stereocenters. The topological polar surface area (TPSA) is 0 Å². The zero-order valence-corrected chi connectivity index (χ0v) is 18.4. The van der Waals surface area contributed by atoms with Gasteiger partial charge in [0.15, 0.2) is 0 Å². The van der Waals surface area contributed by atoms with Gasteiger partial charge in [-0.05, 0) is 23.7 Å². The fraction of sp³-hybridized carbons (Fsp3) is 0.520. The van der Waals surface area contributed by atoms with Crippen molar-refractivity contribution in [1.29, 1.82) is 0 Å². The van der Waals surface area contributed by atoms with Gasteiger partial charge < -0.3 is 0 Å². The van der Waals surface area contributed by atoms with Crippen LogP contribution in [0, 0.1) is 0 Å². The van der Waals surface area contributed by atoms with Crippen LogP contribution in [0.4, 0.5) is 0 Å². The summed E-state index contributed by atoms with van der Waals surface area (Å²) >= 11 is 0. The maximum atomic E-state index is 2.43. The van der Waals surface area contributed by atoms with Gasteiger partial charge in [0.25, 0.3) is 0 Å². The third-order valence-corrected chi connectivity index (χ3v) is 5.70. The number of hydrogen-bond acceptors (Lipinski definition) is 0. The molecule has 26 heavy (non-hydrogen) atoms. The van der Waals surface area contributed by atoms with Gasteiger partial charge in [-0.15, -0.1) is 0 Å². The predicted octanol–water partition coefficient (Wildman–Crippen LogP) is 6.42. The molecular weight excluding hydrogens is 311 g/mol. The monoisotopic (exact) mass is 348 g/mol. The summed E-state index contributed by atoms with van der Waals surface area (Å²) in [6, 6.07) is 13.9. The highest BCUT2D eigenvalue weighted by Crippen LogP contribution is 2.24. The quantitative estimate of drug-likeness (QED) is 0.529. The first-order chi connectivity index (χ1) is 12.2. The van der Waals surface area contributed by atoms with E-state index in [1.807, 2.05) is 0 Å². The summed E-state index contributed by atoms with van der Waals surface area (Å²) in [5.74, 6) is 2.17. The zero-order chi connectivity index (χ0) is 19.6. The molecular formula is C25H37B. The molecule has 0 radical (unpaired) electrons. The van der Waals surface area contributed by atoms with E-state index in [1.165, 1.54) is 22.3 Å². The van der Waals surface area contributed by atoms with E-state index in [1.54, 1.807) is 10.9 Å². The maximum absolute atomic E-state index is 2.43. The van der Waals surface area contributed by atoms with Crippen LogP contribution in [0.3, 0.4) is 0 Å². The van der Waals surface area contributed by atoms with Gasteiger partial charge in [0.1, 0.15) is 0 Å². The SMILES string of the molecule is CB(c1c(C(C)C)cccc1C(C)C)c1c(C(C)C)cccc1C(C)C. The smallest absolute Gasteiger partial charge is 0.0774 e. The van der Waals surface area contributed by atoms with Crippen LogP contribution >= 0.6 is 0 Å². The average Bonchev–Trinajstić information content (AvgIpc) is 2.59. The number of hydrogen-bond donors (Lipinski definition) is 0. The highest BCUT2D eigenvalue weighted by atomic mass is 14.2. The van der Waals surface area contributed by atoms with E-state index in [0.717, 1.165) is 0 Å². The largest absolute Gasteiger partial charge is 0.207 e. The van der Waals surface area contributed by atoms with Crippen LogP contribution < -0.4 is 10.9 Å². The van der Waals surface area contributed by atoms with Crippen molar-refractivity contribution in [2.24, 2.45) is 0 Å². The Hall–Kier alpha value is -1.50. The molecule has 2 rings (SSSR count). The Balaban J connectivity index is 2.80. The van der Waals surface area contributed by atoms with Crippen molar-refractivity contribution in [1.82, 2.24) is 0 Å². The molecule has 1 heteroatoms. The van der Waals surface area contributed by atoms with Gasteiger partial charge in [0.05, 0.1) is 0 Å². The fourth-order valence-corrected chi connectivity index (χ4v) is 4.36. The van der Waals surface area contributed by atoms with Gasteiger partial charge in [-0.25, -0.2) is 0 Å². The van der Waals surface area contributed by atoms with E-state index in [4.69, 9.17) is 0 Å². The maximum Gasteiger partial charge on any atom is 0.207 e.